The Balaban J connectivity index is 2.99. The summed E-state index contributed by atoms with van der Waals surface area (Å²) in [6, 6.07) is 1.69. The van der Waals surface area contributed by atoms with Gasteiger partial charge in [-0.15, -0.1) is 6.58 Å². The Bertz CT molecular complexity index is 502. The molecule has 16 heavy (non-hydrogen) atoms. The summed E-state index contributed by atoms with van der Waals surface area (Å²) in [6.07, 6.45) is 1.40. The van der Waals surface area contributed by atoms with Crippen LogP contribution in [-0.4, -0.2) is 25.5 Å². The van der Waals surface area contributed by atoms with Crippen molar-refractivity contribution >= 4 is 16.0 Å². The van der Waals surface area contributed by atoms with E-state index in [0.717, 1.165) is 12.1 Å². The third kappa shape index (κ3) is 2.71. The van der Waals surface area contributed by atoms with Gasteiger partial charge in [0.2, 0.25) is 10.9 Å². The molecule has 1 aromatic rings. The van der Waals surface area contributed by atoms with Crippen LogP contribution in [-0.2, 0) is 10.0 Å². The SMILES string of the molecule is C=CC(C)NS(=O)(=O)c1ccc(C(=O)O)o1. The Morgan fingerprint density at radius 1 is 1.62 bits per heavy atom. The quantitative estimate of drug-likeness (QED) is 0.749. The second-order valence-corrected chi connectivity index (χ2v) is 4.71. The number of hydrogen-bond donors (Lipinski definition) is 2. The van der Waals surface area contributed by atoms with E-state index in [2.05, 4.69) is 15.7 Å². The molecule has 0 aliphatic rings. The summed E-state index contributed by atoms with van der Waals surface area (Å²) < 4.78 is 30.1. The summed E-state index contributed by atoms with van der Waals surface area (Å²) in [7, 11) is -3.84. The number of hydrogen-bond acceptors (Lipinski definition) is 4. The summed E-state index contributed by atoms with van der Waals surface area (Å²) in [5.74, 6) is -1.75. The van der Waals surface area contributed by atoms with Gasteiger partial charge in [-0.3, -0.25) is 0 Å². The number of carboxylic acid groups (broad SMARTS) is 1. The largest absolute Gasteiger partial charge is 0.475 e. The number of aromatic carboxylic acids is 1. The van der Waals surface area contributed by atoms with Crippen LogP contribution >= 0.6 is 0 Å². The standard InChI is InChI=1S/C9H11NO5S/c1-3-6(2)10-16(13,14)8-5-4-7(15-8)9(11)12/h3-6,10H,1H2,2H3,(H,11,12). The second-order valence-electron chi connectivity index (χ2n) is 3.07. The first kappa shape index (κ1) is 12.5. The van der Waals surface area contributed by atoms with Crippen molar-refractivity contribution in [2.75, 3.05) is 0 Å². The smallest absolute Gasteiger partial charge is 0.371 e. The number of furan rings is 1. The Morgan fingerprint density at radius 2 is 2.25 bits per heavy atom. The molecule has 0 spiro atoms. The molecule has 0 saturated heterocycles. The molecule has 0 bridgehead atoms. The van der Waals surface area contributed by atoms with Crippen LogP contribution in [0.4, 0.5) is 0 Å². The lowest BCUT2D eigenvalue weighted by molar-refractivity contribution is 0.0656. The van der Waals surface area contributed by atoms with Crippen molar-refractivity contribution in [1.82, 2.24) is 4.72 Å². The average Bonchev–Trinajstić information content (AvgIpc) is 2.66. The van der Waals surface area contributed by atoms with E-state index in [4.69, 9.17) is 5.11 Å². The van der Waals surface area contributed by atoms with Crippen molar-refractivity contribution in [2.45, 2.75) is 18.1 Å². The lowest BCUT2D eigenvalue weighted by atomic mass is 10.4. The molecule has 0 aromatic carbocycles. The molecular formula is C9H11NO5S. The van der Waals surface area contributed by atoms with Crippen molar-refractivity contribution in [1.29, 1.82) is 0 Å². The monoisotopic (exact) mass is 245 g/mol. The number of nitrogens with one attached hydrogen (secondary N) is 1. The molecule has 1 unspecified atom stereocenters. The van der Waals surface area contributed by atoms with Crippen molar-refractivity contribution in [3.05, 3.63) is 30.5 Å². The van der Waals surface area contributed by atoms with Gasteiger partial charge < -0.3 is 9.52 Å². The van der Waals surface area contributed by atoms with Gasteiger partial charge in [0.25, 0.3) is 10.0 Å². The van der Waals surface area contributed by atoms with Gasteiger partial charge in [0, 0.05) is 6.04 Å². The Labute approximate surface area is 92.6 Å². The Hall–Kier alpha value is -1.60. The zero-order chi connectivity index (χ0) is 12.3. The average molecular weight is 245 g/mol. The maximum absolute atomic E-state index is 11.6. The molecule has 0 aliphatic heterocycles. The van der Waals surface area contributed by atoms with Gasteiger partial charge in [0.05, 0.1) is 0 Å². The lowest BCUT2D eigenvalue weighted by Crippen LogP contribution is -2.30. The van der Waals surface area contributed by atoms with Crippen LogP contribution in [0.2, 0.25) is 0 Å². The first-order valence-electron chi connectivity index (χ1n) is 4.35. The lowest BCUT2D eigenvalue weighted by Gasteiger charge is -2.07. The van der Waals surface area contributed by atoms with E-state index in [9.17, 15) is 13.2 Å². The van der Waals surface area contributed by atoms with E-state index in [-0.39, 0.29) is 0 Å². The maximum atomic E-state index is 11.6. The molecule has 0 aliphatic carbocycles. The van der Waals surface area contributed by atoms with Gasteiger partial charge in [-0.05, 0) is 19.1 Å². The van der Waals surface area contributed by atoms with Gasteiger partial charge in [-0.25, -0.2) is 17.9 Å². The minimum Gasteiger partial charge on any atom is -0.475 e. The highest BCUT2D eigenvalue weighted by Gasteiger charge is 2.21. The molecular weight excluding hydrogens is 234 g/mol. The van der Waals surface area contributed by atoms with Crippen LogP contribution in [0.5, 0.6) is 0 Å². The van der Waals surface area contributed by atoms with Gasteiger partial charge in [0.15, 0.2) is 0 Å². The van der Waals surface area contributed by atoms with Crippen LogP contribution in [0.3, 0.4) is 0 Å². The molecule has 1 rings (SSSR count). The van der Waals surface area contributed by atoms with E-state index in [0.29, 0.717) is 0 Å². The Morgan fingerprint density at radius 3 is 2.69 bits per heavy atom. The molecule has 1 atom stereocenters. The predicted molar refractivity (Wildman–Crippen MR) is 55.6 cm³/mol. The molecule has 0 fully saturated rings. The molecule has 0 radical (unpaired) electrons. The van der Waals surface area contributed by atoms with Gasteiger partial charge in [0.1, 0.15) is 0 Å². The molecule has 0 saturated carbocycles. The van der Waals surface area contributed by atoms with Crippen molar-refractivity contribution in [3.63, 3.8) is 0 Å². The minimum atomic E-state index is -3.84. The highest BCUT2D eigenvalue weighted by atomic mass is 32.2. The van der Waals surface area contributed by atoms with Crippen LogP contribution in [0.1, 0.15) is 17.5 Å². The van der Waals surface area contributed by atoms with Gasteiger partial charge >= 0.3 is 5.97 Å². The van der Waals surface area contributed by atoms with E-state index in [1.165, 1.54) is 6.08 Å². The molecule has 0 amide bonds. The zero-order valence-electron chi connectivity index (χ0n) is 8.50. The van der Waals surface area contributed by atoms with Gasteiger partial charge in [-0.1, -0.05) is 6.08 Å². The first-order valence-corrected chi connectivity index (χ1v) is 5.83. The molecule has 88 valence electrons. The Kier molecular flexibility index (Phi) is 3.51. The van der Waals surface area contributed by atoms with Crippen molar-refractivity contribution in [3.8, 4) is 0 Å². The van der Waals surface area contributed by atoms with Crippen molar-refractivity contribution in [2.24, 2.45) is 0 Å². The molecule has 1 aromatic heterocycles. The molecule has 6 nitrogen and oxygen atoms in total. The van der Waals surface area contributed by atoms with Gasteiger partial charge in [-0.2, -0.15) is 0 Å². The summed E-state index contributed by atoms with van der Waals surface area (Å²) in [5.41, 5.74) is 0. The molecule has 1 heterocycles. The molecule has 2 N–H and O–H groups in total. The fourth-order valence-electron chi connectivity index (χ4n) is 0.930. The van der Waals surface area contributed by atoms with E-state index in [1.54, 1.807) is 6.92 Å². The number of carbonyl (C=O) groups is 1. The van der Waals surface area contributed by atoms with E-state index in [1.807, 2.05) is 0 Å². The zero-order valence-corrected chi connectivity index (χ0v) is 9.32. The topological polar surface area (TPSA) is 96.6 Å². The van der Waals surface area contributed by atoms with Crippen LogP contribution in [0, 0.1) is 0 Å². The summed E-state index contributed by atoms with van der Waals surface area (Å²) in [6.45, 7) is 5.01. The fourth-order valence-corrected chi connectivity index (χ4v) is 2.08. The summed E-state index contributed by atoms with van der Waals surface area (Å²) >= 11 is 0. The maximum Gasteiger partial charge on any atom is 0.371 e. The fraction of sp³-hybridized carbons (Fsp3) is 0.222. The third-order valence-electron chi connectivity index (χ3n) is 1.75. The van der Waals surface area contributed by atoms with E-state index < -0.39 is 32.9 Å². The minimum absolute atomic E-state index is 0.424. The highest BCUT2D eigenvalue weighted by Crippen LogP contribution is 2.14. The summed E-state index contributed by atoms with van der Waals surface area (Å²) in [4.78, 5) is 10.5. The number of carboxylic acids is 1. The predicted octanol–water partition coefficient (Wildman–Crippen LogP) is 0.831. The van der Waals surface area contributed by atoms with Crippen molar-refractivity contribution < 1.29 is 22.7 Å². The second kappa shape index (κ2) is 4.50. The van der Waals surface area contributed by atoms with Crippen LogP contribution in [0.25, 0.3) is 0 Å². The van der Waals surface area contributed by atoms with Crippen LogP contribution < -0.4 is 4.72 Å². The van der Waals surface area contributed by atoms with E-state index >= 15 is 0 Å². The summed E-state index contributed by atoms with van der Waals surface area (Å²) in [5, 5.41) is 8.13. The third-order valence-corrected chi connectivity index (χ3v) is 3.18. The highest BCUT2D eigenvalue weighted by molar-refractivity contribution is 7.89. The number of sulfonamides is 1. The first-order chi connectivity index (χ1) is 7.36. The van der Waals surface area contributed by atoms with Crippen LogP contribution in [0.15, 0.2) is 34.3 Å². The normalized spacial score (nSPS) is 13.3. The number of rotatable bonds is 5. The molecule has 7 heteroatoms.